The number of carbonyl (C=O) groups excluding carboxylic acids is 2. The predicted octanol–water partition coefficient (Wildman–Crippen LogP) is 8.27. The van der Waals surface area contributed by atoms with E-state index in [1.807, 2.05) is 34.6 Å². The van der Waals surface area contributed by atoms with Crippen LogP contribution in [0.2, 0.25) is 0 Å². The monoisotopic (exact) mass is 872 g/mol. The summed E-state index contributed by atoms with van der Waals surface area (Å²) in [6.07, 6.45) is 10.7. The van der Waals surface area contributed by atoms with E-state index in [9.17, 15) is 27.9 Å². The maximum Gasteiger partial charge on any atom is 0.407 e. The fraction of sp³-hybridized carbons (Fsp3) is 0.898. The average Bonchev–Trinajstić information content (AvgIpc) is 3.52. The van der Waals surface area contributed by atoms with E-state index < -0.39 is 38.8 Å². The molecule has 0 aromatic heterocycles. The number of esters is 1. The number of nitrogens with zero attached hydrogens (tertiary/aromatic N) is 1. The molecule has 1 heterocycles. The maximum atomic E-state index is 13.7. The molecule has 13 atom stereocenters. The number of carbonyl (C=O) groups is 3. The van der Waals surface area contributed by atoms with Gasteiger partial charge in [-0.2, -0.15) is 0 Å². The summed E-state index contributed by atoms with van der Waals surface area (Å²) in [4.78, 5) is 40.6. The van der Waals surface area contributed by atoms with Gasteiger partial charge in [-0.1, -0.05) is 60.6 Å². The zero-order valence-corrected chi connectivity index (χ0v) is 40.4. The van der Waals surface area contributed by atoms with Gasteiger partial charge in [-0.05, 0) is 150 Å². The molecule has 11 nitrogen and oxygen atoms in total. The van der Waals surface area contributed by atoms with Gasteiger partial charge in [0, 0.05) is 43.2 Å². The van der Waals surface area contributed by atoms with Crippen molar-refractivity contribution < 1.29 is 37.4 Å². The van der Waals surface area contributed by atoms with Gasteiger partial charge in [0.05, 0.1) is 23.3 Å². The van der Waals surface area contributed by atoms with E-state index in [1.165, 1.54) is 18.4 Å². The standard InChI is InChI=1S/C49H81N3O8S/c1-30(2)32-15-20-49(51-29-31(28-50-42(56)60-43(3,4)5)52-23-25-61(57,58)26-24-52)22-21-47(11)33(39(32)49)13-14-37-46(10)18-17-38(45(8,9)36(46)16-19-48(37,47)12)59-41(55)35-27-34(40(53)54)44(35,6)7/h31-39,51H,1,13-29H2,2-12H3,(H,50,56)(H,53,54)/t31?,32-,33+,34-,35+,36-,37+,38-,39+,46-,47+,48+,49-/m0/s1. The Kier molecular flexibility index (Phi) is 12.1. The minimum Gasteiger partial charge on any atom is -0.481 e. The summed E-state index contributed by atoms with van der Waals surface area (Å²) in [5.74, 6) is 0.722. The van der Waals surface area contributed by atoms with Crippen LogP contribution in [0.15, 0.2) is 12.2 Å². The number of hydrogen-bond acceptors (Lipinski definition) is 9. The molecule has 0 bridgehead atoms. The van der Waals surface area contributed by atoms with Crippen molar-refractivity contribution in [3.63, 3.8) is 0 Å². The highest BCUT2D eigenvalue weighted by Gasteiger charge is 2.71. The van der Waals surface area contributed by atoms with Gasteiger partial charge < -0.3 is 25.2 Å². The lowest BCUT2D eigenvalue weighted by molar-refractivity contribution is -0.248. The Morgan fingerprint density at radius 3 is 2.10 bits per heavy atom. The van der Waals surface area contributed by atoms with E-state index in [2.05, 4.69) is 63.7 Å². The second-order valence-corrected chi connectivity index (χ2v) is 26.5. The van der Waals surface area contributed by atoms with Crippen molar-refractivity contribution in [2.75, 3.05) is 37.7 Å². The number of allylic oxidation sites excluding steroid dienone is 1. The Balaban J connectivity index is 1.10. The third-order valence-corrected chi connectivity index (χ3v) is 21.2. The van der Waals surface area contributed by atoms with Gasteiger partial charge in [0.1, 0.15) is 11.7 Å². The first kappa shape index (κ1) is 46.8. The molecule has 7 rings (SSSR count). The first-order valence-corrected chi connectivity index (χ1v) is 25.7. The van der Waals surface area contributed by atoms with Crippen LogP contribution in [0, 0.1) is 68.5 Å². The van der Waals surface area contributed by atoms with E-state index in [-0.39, 0.29) is 62.7 Å². The molecule has 7 aliphatic rings. The summed E-state index contributed by atoms with van der Waals surface area (Å²) in [7, 11) is -3.06. The van der Waals surface area contributed by atoms with Crippen LogP contribution >= 0.6 is 0 Å². The topological polar surface area (TPSA) is 151 Å². The van der Waals surface area contributed by atoms with Gasteiger partial charge in [0.15, 0.2) is 9.84 Å². The SMILES string of the molecule is C=C(C)[C@@H]1CC[C@]2(NCC(CNC(=O)OC(C)(C)C)N3CCS(=O)(=O)CC3)CC[C@]3(C)[C@H](CC[C@@H]4[C@@]5(C)CC[C@H](OC(=O)[C@H]6C[C@@H](C(=O)O)C6(C)C)C(C)(C)[C@@H]5CC[C@]43C)[C@@H]12. The number of carboxylic acids is 1. The number of carboxylic acid groups (broad SMARTS) is 1. The summed E-state index contributed by atoms with van der Waals surface area (Å²) < 4.78 is 37.0. The van der Waals surface area contributed by atoms with Crippen molar-refractivity contribution in [1.29, 1.82) is 0 Å². The van der Waals surface area contributed by atoms with Crippen LogP contribution in [-0.4, -0.2) is 97.4 Å². The fourth-order valence-electron chi connectivity index (χ4n) is 15.9. The quantitative estimate of drug-likeness (QED) is 0.145. The molecule has 61 heavy (non-hydrogen) atoms. The summed E-state index contributed by atoms with van der Waals surface area (Å²) in [5, 5.41) is 17.0. The second-order valence-electron chi connectivity index (χ2n) is 24.2. The Morgan fingerprint density at radius 2 is 1.49 bits per heavy atom. The van der Waals surface area contributed by atoms with Gasteiger partial charge in [0.2, 0.25) is 0 Å². The third kappa shape index (κ3) is 7.92. The summed E-state index contributed by atoms with van der Waals surface area (Å²) in [6.45, 7) is 30.7. The van der Waals surface area contributed by atoms with Gasteiger partial charge in [-0.15, -0.1) is 0 Å². The Morgan fingerprint density at radius 1 is 0.820 bits per heavy atom. The van der Waals surface area contributed by atoms with Gasteiger partial charge >= 0.3 is 18.0 Å². The summed E-state index contributed by atoms with van der Waals surface area (Å²) >= 11 is 0. The molecular weight excluding hydrogens is 791 g/mol. The molecule has 3 N–H and O–H groups in total. The minimum atomic E-state index is -3.06. The number of sulfone groups is 1. The highest BCUT2D eigenvalue weighted by Crippen LogP contribution is 2.76. The van der Waals surface area contributed by atoms with Crippen LogP contribution in [0.3, 0.4) is 0 Å². The lowest BCUT2D eigenvalue weighted by atomic mass is 9.32. The largest absolute Gasteiger partial charge is 0.481 e. The molecule has 12 heteroatoms. The Labute approximate surface area is 368 Å². The summed E-state index contributed by atoms with van der Waals surface area (Å²) in [5.41, 5.74) is 0.209. The van der Waals surface area contributed by atoms with E-state index >= 15 is 0 Å². The smallest absolute Gasteiger partial charge is 0.407 e. The molecule has 1 unspecified atom stereocenters. The molecule has 0 radical (unpaired) electrons. The van der Waals surface area contributed by atoms with E-state index in [0.717, 1.165) is 51.4 Å². The Hall–Kier alpha value is -2.18. The van der Waals surface area contributed by atoms with Crippen LogP contribution in [0.25, 0.3) is 0 Å². The summed E-state index contributed by atoms with van der Waals surface area (Å²) in [6, 6.07) is -0.0710. The average molecular weight is 872 g/mol. The van der Waals surface area contributed by atoms with Crippen LogP contribution in [0.1, 0.15) is 147 Å². The predicted molar refractivity (Wildman–Crippen MR) is 238 cm³/mol. The van der Waals surface area contributed by atoms with E-state index in [0.29, 0.717) is 62.2 Å². The van der Waals surface area contributed by atoms with Crippen LogP contribution < -0.4 is 10.6 Å². The number of aliphatic carboxylic acids is 1. The number of ether oxygens (including phenoxy) is 2. The molecular formula is C49H81N3O8S. The molecule has 0 spiro atoms. The van der Waals surface area contributed by atoms with Crippen LogP contribution in [0.4, 0.5) is 4.79 Å². The van der Waals surface area contributed by atoms with Crippen molar-refractivity contribution in [3.8, 4) is 0 Å². The van der Waals surface area contributed by atoms with Gasteiger partial charge in [0.25, 0.3) is 0 Å². The number of rotatable bonds is 10. The van der Waals surface area contributed by atoms with E-state index in [4.69, 9.17) is 9.47 Å². The van der Waals surface area contributed by atoms with Crippen molar-refractivity contribution >= 4 is 27.9 Å². The third-order valence-electron chi connectivity index (χ3n) is 19.6. The molecule has 0 aromatic carbocycles. The molecule has 1 aliphatic heterocycles. The zero-order chi connectivity index (χ0) is 44.9. The maximum absolute atomic E-state index is 13.7. The van der Waals surface area contributed by atoms with E-state index in [1.54, 1.807) is 0 Å². The second kappa shape index (κ2) is 15.8. The zero-order valence-electron chi connectivity index (χ0n) is 39.6. The van der Waals surface area contributed by atoms with Crippen LogP contribution in [0.5, 0.6) is 0 Å². The minimum absolute atomic E-state index is 0.0620. The molecule has 1 amide bonds. The van der Waals surface area contributed by atoms with Crippen molar-refractivity contribution in [2.24, 2.45) is 68.5 Å². The number of nitrogens with one attached hydrogen (secondary N) is 2. The normalized spacial score (nSPS) is 42.9. The van der Waals surface area contributed by atoms with Crippen molar-refractivity contribution in [1.82, 2.24) is 15.5 Å². The lowest BCUT2D eigenvalue weighted by Gasteiger charge is -2.73. The molecule has 7 fully saturated rings. The number of fused-ring (bicyclic) bond motifs is 7. The molecule has 6 aliphatic carbocycles. The lowest BCUT2D eigenvalue weighted by Crippen LogP contribution is -2.69. The molecule has 6 saturated carbocycles. The van der Waals surface area contributed by atoms with Crippen LogP contribution in [-0.2, 0) is 28.9 Å². The fourth-order valence-corrected chi connectivity index (χ4v) is 17.1. The first-order chi connectivity index (χ1) is 28.1. The molecule has 0 aromatic rings. The highest BCUT2D eigenvalue weighted by atomic mass is 32.2. The number of hydrogen-bond donors (Lipinski definition) is 3. The number of alkyl carbamates (subject to hydrolysis) is 1. The Bertz CT molecular complexity index is 1840. The van der Waals surface area contributed by atoms with Gasteiger partial charge in [-0.3, -0.25) is 14.5 Å². The van der Waals surface area contributed by atoms with Crippen molar-refractivity contribution in [3.05, 3.63) is 12.2 Å². The first-order valence-electron chi connectivity index (χ1n) is 23.9. The molecule has 346 valence electrons. The molecule has 1 saturated heterocycles. The van der Waals surface area contributed by atoms with Gasteiger partial charge in [-0.25, -0.2) is 13.2 Å². The van der Waals surface area contributed by atoms with Crippen molar-refractivity contribution in [2.45, 2.75) is 170 Å². The highest BCUT2D eigenvalue weighted by molar-refractivity contribution is 7.91. The number of amides is 1.